The average molecular weight is 311 g/mol. The molecule has 0 bridgehead atoms. The van der Waals surface area contributed by atoms with Crippen molar-refractivity contribution in [3.8, 4) is 0 Å². The van der Waals surface area contributed by atoms with Gasteiger partial charge in [-0.1, -0.05) is 29.8 Å². The summed E-state index contributed by atoms with van der Waals surface area (Å²) in [6.07, 6.45) is 2.25. The van der Waals surface area contributed by atoms with Gasteiger partial charge in [-0.25, -0.2) is 8.42 Å². The Balaban J connectivity index is 1.79. The maximum Gasteiger partial charge on any atom is 0.187 e. The fourth-order valence-corrected chi connectivity index (χ4v) is 3.84. The van der Waals surface area contributed by atoms with Crippen molar-refractivity contribution in [3.63, 3.8) is 0 Å². The van der Waals surface area contributed by atoms with Crippen LogP contribution in [-0.2, 0) is 9.84 Å². The lowest BCUT2D eigenvalue weighted by Gasteiger charge is -2.11. The van der Waals surface area contributed by atoms with Crippen LogP contribution in [0.3, 0.4) is 0 Å². The van der Waals surface area contributed by atoms with Gasteiger partial charge < -0.3 is 5.32 Å². The average Bonchev–Trinajstić information content (AvgIpc) is 2.71. The molecule has 1 heterocycles. The van der Waals surface area contributed by atoms with E-state index in [0.717, 1.165) is 5.56 Å². The number of rotatable bonds is 3. The highest BCUT2D eigenvalue weighted by Crippen LogP contribution is 2.10. The van der Waals surface area contributed by atoms with E-state index < -0.39 is 9.84 Å². The van der Waals surface area contributed by atoms with Crippen molar-refractivity contribution in [1.82, 2.24) is 10.7 Å². The molecular weight excluding hydrogens is 294 g/mol. The normalized spacial score (nSPS) is 20.9. The molecule has 1 aliphatic rings. The smallest absolute Gasteiger partial charge is 0.187 e. The molecule has 0 spiro atoms. The molecule has 108 valence electrons. The molecule has 1 saturated heterocycles. The highest BCUT2D eigenvalue weighted by molar-refractivity contribution is 7.91. The second-order valence-electron chi connectivity index (χ2n) is 4.85. The topological polar surface area (TPSA) is 70.6 Å². The summed E-state index contributed by atoms with van der Waals surface area (Å²) in [6.45, 7) is 2.02. The molecule has 0 aromatic heterocycles. The monoisotopic (exact) mass is 311 g/mol. The maximum atomic E-state index is 11.3. The van der Waals surface area contributed by atoms with E-state index >= 15 is 0 Å². The molecule has 1 aromatic carbocycles. The first-order valence-electron chi connectivity index (χ1n) is 6.31. The fourth-order valence-electron chi connectivity index (χ4n) is 1.94. The van der Waals surface area contributed by atoms with Crippen molar-refractivity contribution in [1.29, 1.82) is 0 Å². The van der Waals surface area contributed by atoms with Crippen molar-refractivity contribution in [2.24, 2.45) is 5.10 Å². The molecule has 0 radical (unpaired) electrons. The quantitative estimate of drug-likeness (QED) is 0.495. The minimum Gasteiger partial charge on any atom is -0.358 e. The second-order valence-corrected chi connectivity index (χ2v) is 7.49. The van der Waals surface area contributed by atoms with Gasteiger partial charge in [0.15, 0.2) is 14.9 Å². The Morgan fingerprint density at radius 1 is 1.40 bits per heavy atom. The molecule has 1 aliphatic heterocycles. The third-order valence-electron chi connectivity index (χ3n) is 3.02. The third kappa shape index (κ3) is 4.57. The van der Waals surface area contributed by atoms with Gasteiger partial charge in [-0.2, -0.15) is 5.10 Å². The van der Waals surface area contributed by atoms with Crippen LogP contribution >= 0.6 is 12.2 Å². The van der Waals surface area contributed by atoms with E-state index in [0.29, 0.717) is 11.5 Å². The molecule has 20 heavy (non-hydrogen) atoms. The number of nitrogens with zero attached hydrogens (tertiary/aromatic N) is 1. The van der Waals surface area contributed by atoms with E-state index in [4.69, 9.17) is 12.2 Å². The van der Waals surface area contributed by atoms with Gasteiger partial charge in [0, 0.05) is 6.04 Å². The molecule has 1 fully saturated rings. The summed E-state index contributed by atoms with van der Waals surface area (Å²) in [5.74, 6) is 0.358. The first-order chi connectivity index (χ1) is 9.44. The van der Waals surface area contributed by atoms with E-state index in [9.17, 15) is 8.42 Å². The lowest BCUT2D eigenvalue weighted by atomic mass is 10.2. The summed E-state index contributed by atoms with van der Waals surface area (Å²) >= 11 is 5.07. The van der Waals surface area contributed by atoms with E-state index in [1.54, 1.807) is 6.21 Å². The van der Waals surface area contributed by atoms with Crippen LogP contribution in [0, 0.1) is 6.92 Å². The van der Waals surface area contributed by atoms with E-state index in [2.05, 4.69) is 15.8 Å². The third-order valence-corrected chi connectivity index (χ3v) is 5.00. The minimum absolute atomic E-state index is 0.116. The standard InChI is InChI=1S/C13H17N3O2S2/c1-10-2-4-11(5-3-10)8-14-16-13(19)15-12-6-7-20(17,18)9-12/h2-5,8,12H,6-7,9H2,1H3,(H2,15,16,19). The van der Waals surface area contributed by atoms with Gasteiger partial charge in [-0.15, -0.1) is 0 Å². The Morgan fingerprint density at radius 2 is 2.10 bits per heavy atom. The van der Waals surface area contributed by atoms with Gasteiger partial charge in [0.05, 0.1) is 17.7 Å². The Hall–Kier alpha value is -1.47. The molecule has 2 rings (SSSR count). The van der Waals surface area contributed by atoms with Crippen LogP contribution in [0.1, 0.15) is 17.5 Å². The number of aryl methyl sites for hydroxylation is 1. The molecule has 1 atom stereocenters. The summed E-state index contributed by atoms with van der Waals surface area (Å²) in [6, 6.07) is 7.80. The van der Waals surface area contributed by atoms with Gasteiger partial charge in [-0.05, 0) is 31.1 Å². The van der Waals surface area contributed by atoms with Crippen LogP contribution < -0.4 is 10.7 Å². The molecule has 1 aromatic rings. The predicted molar refractivity (Wildman–Crippen MR) is 84.7 cm³/mol. The number of benzene rings is 1. The minimum atomic E-state index is -2.90. The molecule has 0 saturated carbocycles. The second kappa shape index (κ2) is 6.32. The van der Waals surface area contributed by atoms with E-state index in [1.165, 1.54) is 5.56 Å². The van der Waals surface area contributed by atoms with Crippen molar-refractivity contribution in [2.45, 2.75) is 19.4 Å². The fraction of sp³-hybridized carbons (Fsp3) is 0.385. The molecule has 0 amide bonds. The Kier molecular flexibility index (Phi) is 4.72. The first kappa shape index (κ1) is 14.9. The van der Waals surface area contributed by atoms with Crippen LogP contribution in [0.5, 0.6) is 0 Å². The summed E-state index contributed by atoms with van der Waals surface area (Å²) < 4.78 is 22.6. The summed E-state index contributed by atoms with van der Waals surface area (Å²) in [4.78, 5) is 0. The number of hydrogen-bond donors (Lipinski definition) is 2. The highest BCUT2D eigenvalue weighted by Gasteiger charge is 2.27. The van der Waals surface area contributed by atoms with Crippen LogP contribution in [0.25, 0.3) is 0 Å². The lowest BCUT2D eigenvalue weighted by molar-refractivity contribution is 0.600. The van der Waals surface area contributed by atoms with Gasteiger partial charge in [0.1, 0.15) is 0 Å². The highest BCUT2D eigenvalue weighted by atomic mass is 32.2. The molecular formula is C13H17N3O2S2. The van der Waals surface area contributed by atoms with Crippen LogP contribution in [-0.4, -0.2) is 37.3 Å². The predicted octanol–water partition coefficient (Wildman–Crippen LogP) is 0.980. The molecule has 5 nitrogen and oxygen atoms in total. The largest absolute Gasteiger partial charge is 0.358 e. The Bertz CT molecular complexity index is 609. The van der Waals surface area contributed by atoms with Crippen molar-refractivity contribution in [3.05, 3.63) is 35.4 Å². The van der Waals surface area contributed by atoms with Crippen LogP contribution in [0.15, 0.2) is 29.4 Å². The van der Waals surface area contributed by atoms with Crippen LogP contribution in [0.2, 0.25) is 0 Å². The van der Waals surface area contributed by atoms with Gasteiger partial charge in [0.25, 0.3) is 0 Å². The Morgan fingerprint density at radius 3 is 2.70 bits per heavy atom. The van der Waals surface area contributed by atoms with Crippen LogP contribution in [0.4, 0.5) is 0 Å². The summed E-state index contributed by atoms with van der Waals surface area (Å²) in [7, 11) is -2.90. The summed E-state index contributed by atoms with van der Waals surface area (Å²) in [5.41, 5.74) is 4.85. The number of thiocarbonyl (C=S) groups is 1. The number of hydrogen-bond acceptors (Lipinski definition) is 4. The molecule has 2 N–H and O–H groups in total. The molecule has 0 aliphatic carbocycles. The van der Waals surface area contributed by atoms with Gasteiger partial charge in [0.2, 0.25) is 0 Å². The number of hydrazone groups is 1. The first-order valence-corrected chi connectivity index (χ1v) is 8.54. The zero-order chi connectivity index (χ0) is 14.6. The lowest BCUT2D eigenvalue weighted by Crippen LogP contribution is -2.40. The zero-order valence-corrected chi connectivity index (χ0v) is 12.8. The van der Waals surface area contributed by atoms with Gasteiger partial charge >= 0.3 is 0 Å². The zero-order valence-electron chi connectivity index (χ0n) is 11.2. The molecule has 1 unspecified atom stereocenters. The van der Waals surface area contributed by atoms with E-state index in [1.807, 2.05) is 31.2 Å². The van der Waals surface area contributed by atoms with E-state index in [-0.39, 0.29) is 17.5 Å². The maximum absolute atomic E-state index is 11.3. The SMILES string of the molecule is Cc1ccc(C=NNC(=S)NC2CCS(=O)(=O)C2)cc1. The number of sulfone groups is 1. The van der Waals surface area contributed by atoms with Gasteiger partial charge in [-0.3, -0.25) is 5.43 Å². The molecule has 7 heteroatoms. The number of nitrogens with one attached hydrogen (secondary N) is 2. The Labute approximate surface area is 124 Å². The van der Waals surface area contributed by atoms with Crippen molar-refractivity contribution in [2.75, 3.05) is 11.5 Å². The van der Waals surface area contributed by atoms with Crippen molar-refractivity contribution < 1.29 is 8.42 Å². The summed E-state index contributed by atoms with van der Waals surface area (Å²) in [5, 5.41) is 7.32. The van der Waals surface area contributed by atoms with Crippen molar-refractivity contribution >= 4 is 33.4 Å².